The highest BCUT2D eigenvalue weighted by atomic mass is 32.2. The largest absolute Gasteiger partial charge is 0.330 e. The van der Waals surface area contributed by atoms with E-state index in [0.29, 0.717) is 13.1 Å². The first-order chi connectivity index (χ1) is 15.2. The highest BCUT2D eigenvalue weighted by Crippen LogP contribution is 2.22. The number of sulfonamides is 1. The Balaban J connectivity index is 1.75. The molecule has 0 aromatic heterocycles. The molecular weight excluding hydrogens is 440 g/mol. The van der Waals surface area contributed by atoms with Gasteiger partial charge in [-0.05, 0) is 50.1 Å². The van der Waals surface area contributed by atoms with Crippen molar-refractivity contribution < 1.29 is 26.8 Å². The van der Waals surface area contributed by atoms with Crippen molar-refractivity contribution >= 4 is 27.5 Å². The molecule has 32 heavy (non-hydrogen) atoms. The molecule has 1 N–H and O–H groups in total. The summed E-state index contributed by atoms with van der Waals surface area (Å²) in [6.45, 7) is 2.20. The number of anilines is 1. The molecular formula is C22H25F2N3O4S. The lowest BCUT2D eigenvalue weighted by Gasteiger charge is -2.26. The molecule has 0 saturated carbocycles. The van der Waals surface area contributed by atoms with Crippen LogP contribution >= 0.6 is 0 Å². The van der Waals surface area contributed by atoms with Crippen LogP contribution in [0, 0.1) is 11.6 Å². The molecule has 172 valence electrons. The number of piperidine rings is 1. The molecule has 2 aromatic carbocycles. The van der Waals surface area contributed by atoms with Crippen LogP contribution in [-0.4, -0.2) is 55.6 Å². The van der Waals surface area contributed by atoms with Crippen molar-refractivity contribution in [2.75, 3.05) is 31.5 Å². The van der Waals surface area contributed by atoms with E-state index in [1.807, 2.05) is 0 Å². The predicted octanol–water partition coefficient (Wildman–Crippen LogP) is 3.24. The van der Waals surface area contributed by atoms with Crippen molar-refractivity contribution in [3.8, 4) is 0 Å². The van der Waals surface area contributed by atoms with Crippen LogP contribution in [-0.2, 0) is 14.8 Å². The maximum atomic E-state index is 13.8. The summed E-state index contributed by atoms with van der Waals surface area (Å²) in [6, 6.07) is 8.87. The summed E-state index contributed by atoms with van der Waals surface area (Å²) >= 11 is 0. The first kappa shape index (κ1) is 23.8. The van der Waals surface area contributed by atoms with Crippen molar-refractivity contribution in [2.45, 2.75) is 31.1 Å². The fourth-order valence-electron chi connectivity index (χ4n) is 3.52. The molecule has 0 spiro atoms. The Morgan fingerprint density at radius 3 is 2.28 bits per heavy atom. The van der Waals surface area contributed by atoms with Gasteiger partial charge in [-0.2, -0.15) is 4.31 Å². The summed E-state index contributed by atoms with van der Waals surface area (Å²) in [7, 11) is -3.72. The molecule has 7 nitrogen and oxygen atoms in total. The number of nitrogens with one attached hydrogen (secondary N) is 1. The van der Waals surface area contributed by atoms with E-state index in [1.54, 1.807) is 6.92 Å². The molecule has 0 unspecified atom stereocenters. The average Bonchev–Trinajstić information content (AvgIpc) is 2.80. The zero-order valence-corrected chi connectivity index (χ0v) is 18.5. The Bertz CT molecular complexity index is 1080. The number of hydrogen-bond donors (Lipinski definition) is 1. The molecule has 10 heteroatoms. The SMILES string of the molecule is CCN(CC(=O)Nc1c(F)cccc1F)C(=O)c1cccc(S(=O)(=O)N2CCCCC2)c1. The fraction of sp³-hybridized carbons (Fsp3) is 0.364. The number of hydrogen-bond acceptors (Lipinski definition) is 4. The minimum atomic E-state index is -3.72. The van der Waals surface area contributed by atoms with Gasteiger partial charge >= 0.3 is 0 Å². The van der Waals surface area contributed by atoms with E-state index in [-0.39, 0.29) is 17.0 Å². The molecule has 0 atom stereocenters. The maximum absolute atomic E-state index is 13.8. The van der Waals surface area contributed by atoms with Crippen LogP contribution in [0.25, 0.3) is 0 Å². The number of nitrogens with zero attached hydrogens (tertiary/aromatic N) is 2. The van der Waals surface area contributed by atoms with Crippen molar-refractivity contribution in [3.63, 3.8) is 0 Å². The van der Waals surface area contributed by atoms with Crippen LogP contribution in [0.5, 0.6) is 0 Å². The zero-order chi connectivity index (χ0) is 23.3. The highest BCUT2D eigenvalue weighted by Gasteiger charge is 2.27. The third kappa shape index (κ3) is 5.31. The first-order valence-electron chi connectivity index (χ1n) is 10.4. The number of amides is 2. The molecule has 0 bridgehead atoms. The molecule has 0 radical (unpaired) electrons. The number of rotatable bonds is 7. The lowest BCUT2D eigenvalue weighted by Crippen LogP contribution is -2.38. The minimum Gasteiger partial charge on any atom is -0.330 e. The summed E-state index contributed by atoms with van der Waals surface area (Å²) in [5.41, 5.74) is -0.481. The van der Waals surface area contributed by atoms with Gasteiger partial charge in [-0.15, -0.1) is 0 Å². The second-order valence-electron chi connectivity index (χ2n) is 7.46. The van der Waals surface area contributed by atoms with E-state index in [0.717, 1.165) is 31.4 Å². The van der Waals surface area contributed by atoms with Gasteiger partial charge in [-0.25, -0.2) is 17.2 Å². The number of carbonyl (C=O) groups is 2. The van der Waals surface area contributed by atoms with Crippen molar-refractivity contribution in [1.29, 1.82) is 0 Å². The Morgan fingerprint density at radius 2 is 1.66 bits per heavy atom. The number of halogens is 2. The van der Waals surface area contributed by atoms with Gasteiger partial charge in [-0.1, -0.05) is 18.6 Å². The Hall–Kier alpha value is -2.85. The first-order valence-corrected chi connectivity index (χ1v) is 11.8. The monoisotopic (exact) mass is 465 g/mol. The van der Waals surface area contributed by atoms with Crippen molar-refractivity contribution in [1.82, 2.24) is 9.21 Å². The van der Waals surface area contributed by atoms with E-state index < -0.39 is 45.7 Å². The van der Waals surface area contributed by atoms with Gasteiger partial charge < -0.3 is 10.2 Å². The quantitative estimate of drug-likeness (QED) is 0.680. The third-order valence-electron chi connectivity index (χ3n) is 5.26. The minimum absolute atomic E-state index is 0.0131. The van der Waals surface area contributed by atoms with Crippen LogP contribution in [0.2, 0.25) is 0 Å². The summed E-state index contributed by atoms with van der Waals surface area (Å²) in [5.74, 6) is -3.19. The number of benzene rings is 2. The summed E-state index contributed by atoms with van der Waals surface area (Å²) < 4.78 is 54.8. The number of carbonyl (C=O) groups excluding carboxylic acids is 2. The Morgan fingerprint density at radius 1 is 1.03 bits per heavy atom. The van der Waals surface area contributed by atoms with Gasteiger partial charge in [0, 0.05) is 25.2 Å². The average molecular weight is 466 g/mol. The number of likely N-dealkylation sites (N-methyl/N-ethyl adjacent to an activating group) is 1. The van der Waals surface area contributed by atoms with Gasteiger partial charge in [0.05, 0.1) is 4.90 Å². The fourth-order valence-corrected chi connectivity index (χ4v) is 5.09. The molecule has 0 aliphatic carbocycles. The van der Waals surface area contributed by atoms with Crippen LogP contribution < -0.4 is 5.32 Å². The third-order valence-corrected chi connectivity index (χ3v) is 7.16. The molecule has 3 rings (SSSR count). The second kappa shape index (κ2) is 10.2. The predicted molar refractivity (Wildman–Crippen MR) is 116 cm³/mol. The lowest BCUT2D eigenvalue weighted by molar-refractivity contribution is -0.116. The highest BCUT2D eigenvalue weighted by molar-refractivity contribution is 7.89. The molecule has 1 saturated heterocycles. The number of para-hydroxylation sites is 1. The van der Waals surface area contributed by atoms with Crippen LogP contribution in [0.15, 0.2) is 47.4 Å². The molecule has 1 aliphatic heterocycles. The summed E-state index contributed by atoms with van der Waals surface area (Å²) in [4.78, 5) is 26.4. The van der Waals surface area contributed by atoms with Gasteiger partial charge in [0.1, 0.15) is 23.9 Å². The zero-order valence-electron chi connectivity index (χ0n) is 17.7. The van der Waals surface area contributed by atoms with E-state index in [1.165, 1.54) is 39.5 Å². The second-order valence-corrected chi connectivity index (χ2v) is 9.39. The Labute approximate surface area is 186 Å². The van der Waals surface area contributed by atoms with Gasteiger partial charge in [-0.3, -0.25) is 9.59 Å². The van der Waals surface area contributed by atoms with E-state index in [2.05, 4.69) is 5.32 Å². The Kier molecular flexibility index (Phi) is 7.57. The molecule has 1 aliphatic rings. The molecule has 1 heterocycles. The normalized spacial score (nSPS) is 14.7. The van der Waals surface area contributed by atoms with Gasteiger partial charge in [0.2, 0.25) is 15.9 Å². The molecule has 2 amide bonds. The maximum Gasteiger partial charge on any atom is 0.254 e. The molecule has 2 aromatic rings. The standard InChI is InChI=1S/C22H25F2N3O4S/c1-2-26(15-20(28)25-21-18(23)10-7-11-19(21)24)22(29)16-8-6-9-17(14-16)32(30,31)27-12-4-3-5-13-27/h6-11,14H,2-5,12-13,15H2,1H3,(H,25,28). The van der Waals surface area contributed by atoms with Crippen LogP contribution in [0.4, 0.5) is 14.5 Å². The van der Waals surface area contributed by atoms with E-state index >= 15 is 0 Å². The van der Waals surface area contributed by atoms with E-state index in [4.69, 9.17) is 0 Å². The van der Waals surface area contributed by atoms with Crippen molar-refractivity contribution in [2.24, 2.45) is 0 Å². The van der Waals surface area contributed by atoms with E-state index in [9.17, 15) is 26.8 Å². The van der Waals surface area contributed by atoms with Crippen molar-refractivity contribution in [3.05, 3.63) is 59.7 Å². The van der Waals surface area contributed by atoms with Crippen LogP contribution in [0.3, 0.4) is 0 Å². The van der Waals surface area contributed by atoms with Crippen LogP contribution in [0.1, 0.15) is 36.5 Å². The summed E-state index contributed by atoms with van der Waals surface area (Å²) in [5, 5.41) is 2.14. The van der Waals surface area contributed by atoms with Gasteiger partial charge in [0.25, 0.3) is 5.91 Å². The lowest BCUT2D eigenvalue weighted by atomic mass is 10.2. The van der Waals surface area contributed by atoms with Gasteiger partial charge in [0.15, 0.2) is 0 Å². The smallest absolute Gasteiger partial charge is 0.254 e. The topological polar surface area (TPSA) is 86.8 Å². The summed E-state index contributed by atoms with van der Waals surface area (Å²) in [6.07, 6.45) is 2.56. The molecule has 1 fully saturated rings.